The molecule has 0 fully saturated rings. The van der Waals surface area contributed by atoms with Crippen molar-refractivity contribution in [2.24, 2.45) is 0 Å². The summed E-state index contributed by atoms with van der Waals surface area (Å²) in [7, 11) is 4.14. The quantitative estimate of drug-likeness (QED) is 0.852. The molecule has 0 heterocycles. The van der Waals surface area contributed by atoms with Crippen LogP contribution in [0.15, 0.2) is 36.0 Å². The van der Waals surface area contributed by atoms with E-state index >= 15 is 0 Å². The second-order valence-electron chi connectivity index (χ2n) is 4.63. The topological polar surface area (TPSA) is 15.3 Å². The van der Waals surface area contributed by atoms with Crippen LogP contribution < -0.4 is 10.2 Å². The number of allylic oxidation sites excluding steroid dienone is 1. The standard InChI is InChI=1S/C15H20N2/c1-5-16-11(2)13-8-12-6-7-15(17(3)4)10-14(12)9-13/h6-8,10,16H,2,5,9H2,1,3-4H3. The molecule has 0 bridgehead atoms. The Morgan fingerprint density at radius 3 is 2.82 bits per heavy atom. The van der Waals surface area contributed by atoms with Crippen LogP contribution in [0.1, 0.15) is 18.1 Å². The number of hydrogen-bond donors (Lipinski definition) is 1. The molecule has 0 amide bonds. The van der Waals surface area contributed by atoms with Crippen LogP contribution >= 0.6 is 0 Å². The van der Waals surface area contributed by atoms with Crippen LogP contribution in [0, 0.1) is 0 Å². The third-order valence-electron chi connectivity index (χ3n) is 3.13. The van der Waals surface area contributed by atoms with E-state index in [-0.39, 0.29) is 0 Å². The zero-order valence-electron chi connectivity index (χ0n) is 10.9. The van der Waals surface area contributed by atoms with Gasteiger partial charge in [0.1, 0.15) is 0 Å². The number of likely N-dealkylation sites (N-methyl/N-ethyl adjacent to an activating group) is 1. The highest BCUT2D eigenvalue weighted by Crippen LogP contribution is 2.30. The zero-order chi connectivity index (χ0) is 12.4. The van der Waals surface area contributed by atoms with Gasteiger partial charge < -0.3 is 10.2 Å². The molecule has 17 heavy (non-hydrogen) atoms. The minimum atomic E-state index is 0.926. The largest absolute Gasteiger partial charge is 0.386 e. The van der Waals surface area contributed by atoms with Gasteiger partial charge >= 0.3 is 0 Å². The average molecular weight is 228 g/mol. The smallest absolute Gasteiger partial charge is 0.0364 e. The number of rotatable bonds is 4. The van der Waals surface area contributed by atoms with E-state index in [2.05, 4.69) is 62.1 Å². The highest BCUT2D eigenvalue weighted by Gasteiger charge is 2.15. The summed E-state index contributed by atoms with van der Waals surface area (Å²) >= 11 is 0. The molecule has 1 aliphatic rings. The van der Waals surface area contributed by atoms with Gasteiger partial charge in [0.2, 0.25) is 0 Å². The number of fused-ring (bicyclic) bond motifs is 1. The second-order valence-corrected chi connectivity index (χ2v) is 4.63. The molecule has 2 heteroatoms. The molecule has 0 radical (unpaired) electrons. The molecule has 0 aliphatic heterocycles. The summed E-state index contributed by atoms with van der Waals surface area (Å²) in [5.41, 5.74) is 6.33. The maximum atomic E-state index is 4.08. The van der Waals surface area contributed by atoms with Crippen LogP contribution in [0.3, 0.4) is 0 Å². The van der Waals surface area contributed by atoms with E-state index in [9.17, 15) is 0 Å². The molecule has 0 spiro atoms. The van der Waals surface area contributed by atoms with Crippen molar-refractivity contribution in [2.45, 2.75) is 13.3 Å². The summed E-state index contributed by atoms with van der Waals surface area (Å²) in [5, 5.41) is 3.29. The Kier molecular flexibility index (Phi) is 3.23. The van der Waals surface area contributed by atoms with Crippen molar-refractivity contribution in [3.8, 4) is 0 Å². The predicted octanol–water partition coefficient (Wildman–Crippen LogP) is 2.82. The van der Waals surface area contributed by atoms with E-state index in [4.69, 9.17) is 0 Å². The minimum Gasteiger partial charge on any atom is -0.386 e. The van der Waals surface area contributed by atoms with Crippen molar-refractivity contribution >= 4 is 11.8 Å². The molecule has 1 aliphatic carbocycles. The maximum Gasteiger partial charge on any atom is 0.0364 e. The van der Waals surface area contributed by atoms with Crippen LogP contribution in [0.4, 0.5) is 5.69 Å². The van der Waals surface area contributed by atoms with Crippen molar-refractivity contribution in [3.63, 3.8) is 0 Å². The normalized spacial score (nSPS) is 13.0. The number of nitrogens with one attached hydrogen (secondary N) is 1. The third-order valence-corrected chi connectivity index (χ3v) is 3.13. The molecule has 0 atom stereocenters. The van der Waals surface area contributed by atoms with Crippen LogP contribution in [0.25, 0.3) is 6.08 Å². The Labute approximate surface area is 104 Å². The molecule has 2 rings (SSSR count). The molecular formula is C15H20N2. The maximum absolute atomic E-state index is 4.08. The lowest BCUT2D eigenvalue weighted by atomic mass is 10.1. The molecule has 1 aromatic carbocycles. The molecule has 0 saturated heterocycles. The van der Waals surface area contributed by atoms with Gasteiger partial charge in [0.05, 0.1) is 0 Å². The number of benzene rings is 1. The average Bonchev–Trinajstić information content (AvgIpc) is 2.71. The molecule has 1 aromatic rings. The van der Waals surface area contributed by atoms with Gasteiger partial charge in [-0.1, -0.05) is 12.6 Å². The minimum absolute atomic E-state index is 0.926. The summed E-state index contributed by atoms with van der Waals surface area (Å²) in [6, 6.07) is 6.61. The van der Waals surface area contributed by atoms with Gasteiger partial charge in [0, 0.05) is 38.4 Å². The Bertz CT molecular complexity index is 470. The SMILES string of the molecule is C=C(NCC)C1=Cc2ccc(N(C)C)cc2C1. The first-order valence-corrected chi connectivity index (χ1v) is 6.05. The summed E-state index contributed by atoms with van der Waals surface area (Å²) in [6.07, 6.45) is 3.22. The van der Waals surface area contributed by atoms with E-state index in [1.807, 2.05) is 0 Å². The van der Waals surface area contributed by atoms with E-state index in [1.54, 1.807) is 0 Å². The molecule has 2 nitrogen and oxygen atoms in total. The summed E-state index contributed by atoms with van der Waals surface area (Å²) in [5.74, 6) is 0. The molecule has 0 unspecified atom stereocenters. The van der Waals surface area contributed by atoms with E-state index in [0.29, 0.717) is 0 Å². The highest BCUT2D eigenvalue weighted by atomic mass is 15.1. The number of hydrogen-bond acceptors (Lipinski definition) is 2. The van der Waals surface area contributed by atoms with Crippen molar-refractivity contribution < 1.29 is 0 Å². The number of nitrogens with zero attached hydrogens (tertiary/aromatic N) is 1. The van der Waals surface area contributed by atoms with Crippen molar-refractivity contribution in [1.29, 1.82) is 0 Å². The lowest BCUT2D eigenvalue weighted by molar-refractivity contribution is 0.860. The van der Waals surface area contributed by atoms with Gasteiger partial charge in [-0.2, -0.15) is 0 Å². The van der Waals surface area contributed by atoms with Crippen molar-refractivity contribution in [2.75, 3.05) is 25.5 Å². The van der Waals surface area contributed by atoms with Gasteiger partial charge in [0.25, 0.3) is 0 Å². The number of anilines is 1. The predicted molar refractivity (Wildman–Crippen MR) is 75.3 cm³/mol. The molecule has 0 saturated carbocycles. The third kappa shape index (κ3) is 2.36. The van der Waals surface area contributed by atoms with E-state index in [1.165, 1.54) is 22.4 Å². The lowest BCUT2D eigenvalue weighted by Crippen LogP contribution is -2.12. The van der Waals surface area contributed by atoms with Gasteiger partial charge in [-0.25, -0.2) is 0 Å². The zero-order valence-corrected chi connectivity index (χ0v) is 10.9. The van der Waals surface area contributed by atoms with Gasteiger partial charge in [-0.05, 0) is 41.8 Å². The van der Waals surface area contributed by atoms with Crippen LogP contribution in [-0.4, -0.2) is 20.6 Å². The first kappa shape index (κ1) is 11.8. The van der Waals surface area contributed by atoms with Crippen molar-refractivity contribution in [3.05, 3.63) is 47.2 Å². The second kappa shape index (κ2) is 4.66. The fourth-order valence-electron chi connectivity index (χ4n) is 2.13. The molecular weight excluding hydrogens is 208 g/mol. The van der Waals surface area contributed by atoms with Crippen LogP contribution in [0.2, 0.25) is 0 Å². The van der Waals surface area contributed by atoms with Gasteiger partial charge in [-0.15, -0.1) is 0 Å². The Balaban J connectivity index is 2.21. The summed E-state index contributed by atoms with van der Waals surface area (Å²) < 4.78 is 0. The van der Waals surface area contributed by atoms with E-state index < -0.39 is 0 Å². The highest BCUT2D eigenvalue weighted by molar-refractivity contribution is 5.70. The molecule has 90 valence electrons. The fourth-order valence-corrected chi connectivity index (χ4v) is 2.13. The van der Waals surface area contributed by atoms with Gasteiger partial charge in [0.15, 0.2) is 0 Å². The van der Waals surface area contributed by atoms with Crippen molar-refractivity contribution in [1.82, 2.24) is 5.32 Å². The Morgan fingerprint density at radius 2 is 2.18 bits per heavy atom. The monoisotopic (exact) mass is 228 g/mol. The summed E-state index contributed by atoms with van der Waals surface area (Å²) in [6.45, 7) is 7.10. The van der Waals surface area contributed by atoms with Crippen LogP contribution in [-0.2, 0) is 6.42 Å². The molecule has 1 N–H and O–H groups in total. The first-order valence-electron chi connectivity index (χ1n) is 6.05. The lowest BCUT2D eigenvalue weighted by Gasteiger charge is -2.13. The van der Waals surface area contributed by atoms with Gasteiger partial charge in [-0.3, -0.25) is 0 Å². The Morgan fingerprint density at radius 1 is 1.41 bits per heavy atom. The first-order chi connectivity index (χ1) is 8.11. The summed E-state index contributed by atoms with van der Waals surface area (Å²) in [4.78, 5) is 2.14. The Hall–Kier alpha value is -1.70. The van der Waals surface area contributed by atoms with E-state index in [0.717, 1.165) is 18.7 Å². The fraction of sp³-hybridized carbons (Fsp3) is 0.333. The molecule has 0 aromatic heterocycles. The van der Waals surface area contributed by atoms with Crippen LogP contribution in [0.5, 0.6) is 0 Å².